The Hall–Kier alpha value is -5.56. The van der Waals surface area contributed by atoms with Crippen LogP contribution in [0, 0.1) is 13.8 Å². The molecule has 210 valence electrons. The Morgan fingerprint density at radius 3 is 1.79 bits per heavy atom. The summed E-state index contributed by atoms with van der Waals surface area (Å²) in [4.78, 5) is 24.8. The van der Waals surface area contributed by atoms with Crippen LogP contribution in [0.25, 0.3) is 33.2 Å². The minimum Gasteiger partial charge on any atom is -0.463 e. The molecule has 0 spiro atoms. The van der Waals surface area contributed by atoms with Gasteiger partial charge in [-0.15, -0.1) is 0 Å². The molecule has 0 saturated heterocycles. The highest BCUT2D eigenvalue weighted by molar-refractivity contribution is 6.02. The third-order valence-corrected chi connectivity index (χ3v) is 7.91. The van der Waals surface area contributed by atoms with Gasteiger partial charge in [0.05, 0.1) is 23.7 Å². The maximum atomic E-state index is 12.4. The number of esters is 1. The lowest BCUT2D eigenvalue weighted by Gasteiger charge is -2.37. The normalized spacial score (nSPS) is 11.7. The van der Waals surface area contributed by atoms with E-state index in [0.717, 1.165) is 50.2 Å². The molecule has 0 radical (unpaired) electrons. The summed E-state index contributed by atoms with van der Waals surface area (Å²) in [6, 6.07) is 39.5. The van der Waals surface area contributed by atoms with Gasteiger partial charge in [0, 0.05) is 22.3 Å². The number of fused-ring (bicyclic) bond motifs is 2. The first-order valence-electron chi connectivity index (χ1n) is 14.1. The van der Waals surface area contributed by atoms with Gasteiger partial charge in [-0.1, -0.05) is 91.0 Å². The summed E-state index contributed by atoms with van der Waals surface area (Å²) in [5.41, 5.74) is 8.18. The van der Waals surface area contributed by atoms with Crippen LogP contribution in [0.3, 0.4) is 0 Å². The van der Waals surface area contributed by atoms with Gasteiger partial charge in [0.25, 0.3) is 0 Å². The monoisotopic (exact) mass is 563 g/mol. The molecule has 7 nitrogen and oxygen atoms in total. The van der Waals surface area contributed by atoms with Gasteiger partial charge in [-0.25, -0.2) is 14.5 Å². The molecule has 3 heterocycles. The van der Waals surface area contributed by atoms with Crippen LogP contribution in [0.15, 0.2) is 115 Å². The number of ether oxygens (including phenoxy) is 1. The number of imidazole rings is 1. The number of benzene rings is 4. The van der Waals surface area contributed by atoms with E-state index >= 15 is 0 Å². The van der Waals surface area contributed by atoms with Crippen LogP contribution in [0.2, 0.25) is 0 Å². The molecule has 0 aliphatic carbocycles. The Kier molecular flexibility index (Phi) is 6.35. The van der Waals surface area contributed by atoms with E-state index in [1.165, 1.54) is 7.11 Å². The minimum atomic E-state index is -0.837. The molecule has 0 saturated carbocycles. The Morgan fingerprint density at radius 2 is 1.28 bits per heavy atom. The maximum Gasteiger partial charge on any atom is 0.374 e. The lowest BCUT2D eigenvalue weighted by Crippen LogP contribution is -2.38. The van der Waals surface area contributed by atoms with Crippen molar-refractivity contribution in [2.24, 2.45) is 0 Å². The maximum absolute atomic E-state index is 12.4. The number of pyridine rings is 1. The largest absolute Gasteiger partial charge is 0.463 e. The summed E-state index contributed by atoms with van der Waals surface area (Å²) in [5, 5.41) is 6.39. The molecule has 0 bridgehead atoms. The molecule has 4 aromatic carbocycles. The highest BCUT2D eigenvalue weighted by atomic mass is 16.5. The van der Waals surface area contributed by atoms with E-state index in [1.54, 1.807) is 0 Å². The predicted octanol–water partition coefficient (Wildman–Crippen LogP) is 7.22. The third-order valence-electron chi connectivity index (χ3n) is 7.91. The number of carbonyl (C=O) groups excluding carboxylic acids is 1. The third kappa shape index (κ3) is 4.28. The molecular weight excluding hydrogens is 534 g/mol. The quantitative estimate of drug-likeness (QED) is 0.171. The van der Waals surface area contributed by atoms with Crippen LogP contribution in [-0.2, 0) is 10.3 Å². The van der Waals surface area contributed by atoms with E-state index < -0.39 is 11.5 Å². The molecule has 0 aliphatic heterocycles. The highest BCUT2D eigenvalue weighted by Gasteiger charge is 2.41. The van der Waals surface area contributed by atoms with Gasteiger partial charge in [-0.2, -0.15) is 5.10 Å². The molecule has 0 fully saturated rings. The molecule has 7 heteroatoms. The number of aromatic nitrogens is 5. The van der Waals surface area contributed by atoms with Gasteiger partial charge < -0.3 is 9.72 Å². The van der Waals surface area contributed by atoms with Gasteiger partial charge in [-0.3, -0.25) is 4.98 Å². The van der Waals surface area contributed by atoms with Gasteiger partial charge in [0.1, 0.15) is 11.2 Å². The number of hydrogen-bond acceptors (Lipinski definition) is 5. The average molecular weight is 564 g/mol. The second-order valence-electron chi connectivity index (χ2n) is 10.7. The Balaban J connectivity index is 1.67. The molecule has 0 amide bonds. The molecule has 0 unspecified atom stereocenters. The van der Waals surface area contributed by atoms with Crippen LogP contribution < -0.4 is 0 Å². The zero-order chi connectivity index (χ0) is 29.6. The highest BCUT2D eigenvalue weighted by Crippen LogP contribution is 2.44. The van der Waals surface area contributed by atoms with Gasteiger partial charge >= 0.3 is 5.97 Å². The standard InChI is InChI=1S/C36H29N5O2/c1-23-19-25(20-24(2)37-23)33-29-21-30-31(39-34(38-30)35(42)43-3)22-32(29)41(40-33)36(26-13-7-4-8-14-26,27-15-9-5-10-16-27)28-17-11-6-12-18-28/h4-22H,1-3H3,(H,38,39). The summed E-state index contributed by atoms with van der Waals surface area (Å²) in [5.74, 6) is -0.364. The van der Waals surface area contributed by atoms with Crippen molar-refractivity contribution in [3.63, 3.8) is 0 Å². The van der Waals surface area contributed by atoms with E-state index in [2.05, 4.69) is 105 Å². The van der Waals surface area contributed by atoms with Gasteiger partial charge in [0.15, 0.2) is 0 Å². The Morgan fingerprint density at radius 1 is 0.744 bits per heavy atom. The topological polar surface area (TPSA) is 85.7 Å². The number of carbonyl (C=O) groups is 1. The van der Waals surface area contributed by atoms with E-state index in [4.69, 9.17) is 9.84 Å². The van der Waals surface area contributed by atoms with Crippen LogP contribution in [-0.4, -0.2) is 37.8 Å². The molecule has 0 atom stereocenters. The SMILES string of the molecule is COC(=O)c1nc2cc3c(-c4cc(C)nc(C)c4)nn(C(c4ccccc4)(c4ccccc4)c4ccccc4)c3cc2[nH]1. The summed E-state index contributed by atoms with van der Waals surface area (Å²) in [6.07, 6.45) is 0. The average Bonchev–Trinajstić information content (AvgIpc) is 3.63. The lowest BCUT2D eigenvalue weighted by molar-refractivity contribution is 0.0588. The Bertz CT molecular complexity index is 1980. The lowest BCUT2D eigenvalue weighted by atomic mass is 9.77. The smallest absolute Gasteiger partial charge is 0.374 e. The summed E-state index contributed by atoms with van der Waals surface area (Å²) in [6.45, 7) is 3.98. The zero-order valence-electron chi connectivity index (χ0n) is 24.1. The molecule has 3 aromatic heterocycles. The molecule has 0 aliphatic rings. The summed E-state index contributed by atoms with van der Waals surface area (Å²) in [7, 11) is 1.35. The number of aryl methyl sites for hydroxylation is 2. The predicted molar refractivity (Wildman–Crippen MR) is 168 cm³/mol. The van der Waals surface area contributed by atoms with Crippen LogP contribution in [0.1, 0.15) is 38.7 Å². The first-order valence-corrected chi connectivity index (χ1v) is 14.1. The summed E-state index contributed by atoms with van der Waals surface area (Å²) >= 11 is 0. The van der Waals surface area contributed by atoms with Crippen molar-refractivity contribution in [3.8, 4) is 11.3 Å². The van der Waals surface area contributed by atoms with Crippen molar-refractivity contribution < 1.29 is 9.53 Å². The molecule has 7 aromatic rings. The molecular formula is C36H29N5O2. The first-order chi connectivity index (χ1) is 21.0. The number of H-pyrrole nitrogens is 1. The second kappa shape index (κ2) is 10.4. The van der Waals surface area contributed by atoms with E-state index in [1.807, 2.05) is 44.2 Å². The van der Waals surface area contributed by atoms with E-state index in [0.29, 0.717) is 11.0 Å². The molecule has 43 heavy (non-hydrogen) atoms. The zero-order valence-corrected chi connectivity index (χ0v) is 24.1. The number of nitrogens with zero attached hydrogens (tertiary/aromatic N) is 4. The molecule has 1 N–H and O–H groups in total. The Labute approximate surface area is 248 Å². The number of hydrogen-bond donors (Lipinski definition) is 1. The van der Waals surface area contributed by atoms with Crippen molar-refractivity contribution in [3.05, 3.63) is 149 Å². The fourth-order valence-corrected chi connectivity index (χ4v) is 6.16. The van der Waals surface area contributed by atoms with Crippen LogP contribution in [0.5, 0.6) is 0 Å². The van der Waals surface area contributed by atoms with E-state index in [9.17, 15) is 4.79 Å². The van der Waals surface area contributed by atoms with Crippen molar-refractivity contribution in [1.82, 2.24) is 24.7 Å². The van der Waals surface area contributed by atoms with Crippen LogP contribution in [0.4, 0.5) is 0 Å². The number of rotatable bonds is 6. The second-order valence-corrected chi connectivity index (χ2v) is 10.7. The number of nitrogens with one attached hydrogen (secondary N) is 1. The van der Waals surface area contributed by atoms with Crippen molar-refractivity contribution >= 4 is 27.9 Å². The van der Waals surface area contributed by atoms with E-state index in [-0.39, 0.29) is 5.82 Å². The van der Waals surface area contributed by atoms with Gasteiger partial charge in [-0.05, 0) is 54.8 Å². The number of aromatic amines is 1. The summed E-state index contributed by atoms with van der Waals surface area (Å²) < 4.78 is 7.08. The van der Waals surface area contributed by atoms with Crippen molar-refractivity contribution in [2.75, 3.05) is 7.11 Å². The van der Waals surface area contributed by atoms with Crippen LogP contribution >= 0.6 is 0 Å². The molecule has 7 rings (SSSR count). The fraction of sp³-hybridized carbons (Fsp3) is 0.111. The first kappa shape index (κ1) is 26.3. The van der Waals surface area contributed by atoms with Crippen molar-refractivity contribution in [1.29, 1.82) is 0 Å². The van der Waals surface area contributed by atoms with Crippen molar-refractivity contribution in [2.45, 2.75) is 19.4 Å². The fourth-order valence-electron chi connectivity index (χ4n) is 6.16. The minimum absolute atomic E-state index is 0.155. The van der Waals surface area contributed by atoms with Gasteiger partial charge in [0.2, 0.25) is 5.82 Å². The number of methoxy groups -OCH3 is 1.